The average Bonchev–Trinajstić information content (AvgIpc) is 2.27. The highest BCUT2D eigenvalue weighted by molar-refractivity contribution is 5.85. The Morgan fingerprint density at radius 3 is 2.71 bits per heavy atom. The zero-order valence-electron chi connectivity index (χ0n) is 10.1. The summed E-state index contributed by atoms with van der Waals surface area (Å²) >= 11 is 0. The zero-order chi connectivity index (χ0) is 12.0. The summed E-state index contributed by atoms with van der Waals surface area (Å²) < 4.78 is 10.0. The molecule has 0 bridgehead atoms. The molecule has 1 rings (SSSR count). The molecule has 0 fully saturated rings. The van der Waals surface area contributed by atoms with Crippen LogP contribution in [0.4, 0.5) is 5.69 Å². The Labute approximate surface area is 108 Å². The van der Waals surface area contributed by atoms with Crippen molar-refractivity contribution in [1.29, 1.82) is 0 Å². The number of nitrogen functional groups attached to an aromatic ring is 1. The molecule has 2 N–H and O–H groups in total. The molecule has 5 heteroatoms. The van der Waals surface area contributed by atoms with Gasteiger partial charge in [-0.1, -0.05) is 0 Å². The van der Waals surface area contributed by atoms with Crippen molar-refractivity contribution in [2.45, 2.75) is 19.8 Å². The smallest absolute Gasteiger partial charge is 0.306 e. The molecule has 0 saturated carbocycles. The van der Waals surface area contributed by atoms with E-state index in [0.717, 1.165) is 11.3 Å². The first kappa shape index (κ1) is 15.6. The van der Waals surface area contributed by atoms with Crippen LogP contribution in [0.3, 0.4) is 0 Å². The number of hydrogen-bond acceptors (Lipinski definition) is 4. The summed E-state index contributed by atoms with van der Waals surface area (Å²) in [5, 5.41) is 0. The van der Waals surface area contributed by atoms with E-state index in [0.29, 0.717) is 25.1 Å². The highest BCUT2D eigenvalue weighted by Gasteiger charge is 2.07. The van der Waals surface area contributed by atoms with E-state index in [1.54, 1.807) is 26.2 Å². The lowest BCUT2D eigenvalue weighted by atomic mass is 10.1. The third-order valence-electron chi connectivity index (χ3n) is 2.21. The molecule has 0 aromatic heterocycles. The fourth-order valence-electron chi connectivity index (χ4n) is 1.46. The van der Waals surface area contributed by atoms with Crippen LogP contribution >= 0.6 is 12.4 Å². The molecule has 17 heavy (non-hydrogen) atoms. The lowest BCUT2D eigenvalue weighted by Crippen LogP contribution is -2.06. The first-order chi connectivity index (χ1) is 7.67. The highest BCUT2D eigenvalue weighted by atomic mass is 35.5. The Morgan fingerprint density at radius 2 is 2.12 bits per heavy atom. The second kappa shape index (κ2) is 7.79. The van der Waals surface area contributed by atoms with Crippen molar-refractivity contribution in [2.75, 3.05) is 19.5 Å². The van der Waals surface area contributed by atoms with E-state index in [1.807, 2.05) is 6.07 Å². The van der Waals surface area contributed by atoms with Crippen molar-refractivity contribution in [2.24, 2.45) is 0 Å². The fraction of sp³-hybridized carbons (Fsp3) is 0.417. The van der Waals surface area contributed by atoms with Gasteiger partial charge in [0.15, 0.2) is 0 Å². The fourth-order valence-corrected chi connectivity index (χ4v) is 1.46. The summed E-state index contributed by atoms with van der Waals surface area (Å²) in [5.74, 6) is 0.547. The normalized spacial score (nSPS) is 9.29. The van der Waals surface area contributed by atoms with E-state index in [-0.39, 0.29) is 18.4 Å². The molecular formula is C12H18ClNO3. The van der Waals surface area contributed by atoms with Crippen LogP contribution in [0.2, 0.25) is 0 Å². The average molecular weight is 260 g/mol. The molecule has 0 aliphatic heterocycles. The number of benzene rings is 1. The van der Waals surface area contributed by atoms with Crippen molar-refractivity contribution >= 4 is 24.1 Å². The van der Waals surface area contributed by atoms with Gasteiger partial charge in [-0.25, -0.2) is 0 Å². The van der Waals surface area contributed by atoms with Crippen molar-refractivity contribution in [3.05, 3.63) is 23.8 Å². The van der Waals surface area contributed by atoms with Crippen molar-refractivity contribution in [3.63, 3.8) is 0 Å². The summed E-state index contributed by atoms with van der Waals surface area (Å²) in [6.45, 7) is 2.20. The molecule has 0 unspecified atom stereocenters. The minimum Gasteiger partial charge on any atom is -0.496 e. The number of carbonyl (C=O) groups excluding carboxylic acids is 1. The first-order valence-corrected chi connectivity index (χ1v) is 5.25. The standard InChI is InChI=1S/C12H17NO3.ClH/c1-3-16-12(14)7-4-9-8-10(13)5-6-11(9)15-2;/h5-6,8H,3-4,7,13H2,1-2H3;1H. The lowest BCUT2D eigenvalue weighted by Gasteiger charge is -2.08. The van der Waals surface area contributed by atoms with Gasteiger partial charge in [0, 0.05) is 12.1 Å². The Morgan fingerprint density at radius 1 is 1.41 bits per heavy atom. The maximum Gasteiger partial charge on any atom is 0.306 e. The minimum absolute atomic E-state index is 0. The van der Waals surface area contributed by atoms with Crippen LogP contribution in [-0.4, -0.2) is 19.7 Å². The number of nitrogens with two attached hydrogens (primary N) is 1. The van der Waals surface area contributed by atoms with E-state index >= 15 is 0 Å². The molecule has 0 amide bonds. The molecule has 0 aliphatic rings. The number of carbonyl (C=O) groups is 1. The van der Waals surface area contributed by atoms with Crippen LogP contribution in [0.25, 0.3) is 0 Å². The number of anilines is 1. The third-order valence-corrected chi connectivity index (χ3v) is 2.21. The molecule has 0 aliphatic carbocycles. The zero-order valence-corrected chi connectivity index (χ0v) is 10.9. The summed E-state index contributed by atoms with van der Waals surface area (Å²) in [6.07, 6.45) is 0.917. The number of ether oxygens (including phenoxy) is 2. The van der Waals surface area contributed by atoms with Crippen LogP contribution in [0.1, 0.15) is 18.9 Å². The molecule has 0 radical (unpaired) electrons. The van der Waals surface area contributed by atoms with E-state index in [9.17, 15) is 4.79 Å². The molecule has 0 atom stereocenters. The molecule has 0 spiro atoms. The number of methoxy groups -OCH3 is 1. The van der Waals surface area contributed by atoms with Crippen LogP contribution in [0, 0.1) is 0 Å². The number of rotatable bonds is 5. The SMILES string of the molecule is CCOC(=O)CCc1cc(N)ccc1OC.Cl. The second-order valence-electron chi connectivity index (χ2n) is 3.38. The summed E-state index contributed by atoms with van der Waals surface area (Å²) in [5.41, 5.74) is 7.27. The van der Waals surface area contributed by atoms with Gasteiger partial charge >= 0.3 is 5.97 Å². The molecule has 96 valence electrons. The Hall–Kier alpha value is -1.42. The molecule has 4 nitrogen and oxygen atoms in total. The maximum atomic E-state index is 11.2. The predicted molar refractivity (Wildman–Crippen MR) is 69.6 cm³/mol. The predicted octanol–water partition coefficient (Wildman–Crippen LogP) is 2.19. The van der Waals surface area contributed by atoms with E-state index in [2.05, 4.69) is 0 Å². The highest BCUT2D eigenvalue weighted by Crippen LogP contribution is 2.22. The quantitative estimate of drug-likeness (QED) is 0.650. The van der Waals surface area contributed by atoms with Gasteiger partial charge < -0.3 is 15.2 Å². The lowest BCUT2D eigenvalue weighted by molar-refractivity contribution is -0.143. The Balaban J connectivity index is 0.00000256. The molecule has 1 aromatic rings. The molecule has 0 saturated heterocycles. The Kier molecular flexibility index (Phi) is 7.14. The van der Waals surface area contributed by atoms with Gasteiger partial charge in [0.2, 0.25) is 0 Å². The monoisotopic (exact) mass is 259 g/mol. The van der Waals surface area contributed by atoms with Gasteiger partial charge in [-0.05, 0) is 37.1 Å². The molecule has 1 aromatic carbocycles. The number of esters is 1. The second-order valence-corrected chi connectivity index (χ2v) is 3.38. The van der Waals surface area contributed by atoms with Gasteiger partial charge in [0.25, 0.3) is 0 Å². The summed E-state index contributed by atoms with van der Waals surface area (Å²) in [4.78, 5) is 11.2. The molecular weight excluding hydrogens is 242 g/mol. The number of aryl methyl sites for hydroxylation is 1. The molecule has 0 heterocycles. The third kappa shape index (κ3) is 4.95. The largest absolute Gasteiger partial charge is 0.496 e. The van der Waals surface area contributed by atoms with Crippen molar-refractivity contribution in [3.8, 4) is 5.75 Å². The van der Waals surface area contributed by atoms with Gasteiger partial charge in [-0.3, -0.25) is 4.79 Å². The van der Waals surface area contributed by atoms with Gasteiger partial charge in [-0.15, -0.1) is 12.4 Å². The van der Waals surface area contributed by atoms with Crippen molar-refractivity contribution in [1.82, 2.24) is 0 Å². The van der Waals surface area contributed by atoms with Crippen LogP contribution < -0.4 is 10.5 Å². The first-order valence-electron chi connectivity index (χ1n) is 5.25. The van der Waals surface area contributed by atoms with Crippen molar-refractivity contribution < 1.29 is 14.3 Å². The van der Waals surface area contributed by atoms with Crippen LogP contribution in [-0.2, 0) is 16.0 Å². The topological polar surface area (TPSA) is 61.5 Å². The van der Waals surface area contributed by atoms with Gasteiger partial charge in [-0.2, -0.15) is 0 Å². The van der Waals surface area contributed by atoms with Crippen LogP contribution in [0.5, 0.6) is 5.75 Å². The van der Waals surface area contributed by atoms with Gasteiger partial charge in [0.1, 0.15) is 5.75 Å². The minimum atomic E-state index is -0.202. The number of hydrogen-bond donors (Lipinski definition) is 1. The maximum absolute atomic E-state index is 11.2. The van der Waals surface area contributed by atoms with Crippen LogP contribution in [0.15, 0.2) is 18.2 Å². The summed E-state index contributed by atoms with van der Waals surface area (Å²) in [6, 6.07) is 5.39. The van der Waals surface area contributed by atoms with E-state index < -0.39 is 0 Å². The van der Waals surface area contributed by atoms with E-state index in [4.69, 9.17) is 15.2 Å². The van der Waals surface area contributed by atoms with Gasteiger partial charge in [0.05, 0.1) is 13.7 Å². The number of halogens is 1. The Bertz CT molecular complexity index is 369. The van der Waals surface area contributed by atoms with E-state index in [1.165, 1.54) is 0 Å². The summed E-state index contributed by atoms with van der Waals surface area (Å²) in [7, 11) is 1.60.